The van der Waals surface area contributed by atoms with Gasteiger partial charge in [0.25, 0.3) is 0 Å². The van der Waals surface area contributed by atoms with Gasteiger partial charge in [-0.3, -0.25) is 0 Å². The summed E-state index contributed by atoms with van der Waals surface area (Å²) in [7, 11) is 0. The van der Waals surface area contributed by atoms with Crippen LogP contribution < -0.4 is 5.43 Å². The van der Waals surface area contributed by atoms with Crippen molar-refractivity contribution in [2.24, 2.45) is 0 Å². The SMILES string of the molecule is C=C(C)C1COC(=O)N1NC(=O)OCC. The quantitative estimate of drug-likeness (QED) is 0.713. The number of hydrogen-bond donors (Lipinski definition) is 1. The molecular formula is C9H14N2O4. The van der Waals surface area contributed by atoms with E-state index in [-0.39, 0.29) is 19.3 Å². The summed E-state index contributed by atoms with van der Waals surface area (Å²) in [5, 5.41) is 1.08. The molecule has 1 atom stereocenters. The number of nitrogens with one attached hydrogen (secondary N) is 1. The Kier molecular flexibility index (Phi) is 3.54. The van der Waals surface area contributed by atoms with E-state index in [4.69, 9.17) is 4.74 Å². The van der Waals surface area contributed by atoms with Crippen LogP contribution in [0.15, 0.2) is 12.2 Å². The molecule has 0 radical (unpaired) electrons. The highest BCUT2D eigenvalue weighted by atomic mass is 16.6. The van der Waals surface area contributed by atoms with Crippen LogP contribution >= 0.6 is 0 Å². The Morgan fingerprint density at radius 1 is 1.80 bits per heavy atom. The molecule has 0 aromatic rings. The molecule has 0 aromatic carbocycles. The number of cyclic esters (lactones) is 1. The van der Waals surface area contributed by atoms with E-state index in [2.05, 4.69) is 16.7 Å². The van der Waals surface area contributed by atoms with Crippen LogP contribution in [-0.2, 0) is 9.47 Å². The zero-order valence-electron chi connectivity index (χ0n) is 8.78. The maximum atomic E-state index is 11.2. The Balaban J connectivity index is 2.60. The van der Waals surface area contributed by atoms with Gasteiger partial charge in [0.05, 0.1) is 6.61 Å². The fraction of sp³-hybridized carbons (Fsp3) is 0.556. The van der Waals surface area contributed by atoms with E-state index < -0.39 is 12.2 Å². The molecule has 0 aliphatic carbocycles. The average Bonchev–Trinajstić information content (AvgIpc) is 2.48. The molecule has 15 heavy (non-hydrogen) atoms. The third kappa shape index (κ3) is 2.61. The summed E-state index contributed by atoms with van der Waals surface area (Å²) in [5.74, 6) is 0. The minimum atomic E-state index is -0.678. The van der Waals surface area contributed by atoms with Gasteiger partial charge >= 0.3 is 12.2 Å². The highest BCUT2D eigenvalue weighted by molar-refractivity contribution is 5.76. The van der Waals surface area contributed by atoms with Crippen LogP contribution in [0.3, 0.4) is 0 Å². The normalized spacial score (nSPS) is 19.7. The first-order chi connectivity index (χ1) is 7.06. The van der Waals surface area contributed by atoms with E-state index in [0.717, 1.165) is 10.6 Å². The van der Waals surface area contributed by atoms with E-state index in [0.29, 0.717) is 0 Å². The Hall–Kier alpha value is -1.72. The second-order valence-electron chi connectivity index (χ2n) is 3.14. The summed E-state index contributed by atoms with van der Waals surface area (Å²) in [6.07, 6.45) is -1.28. The van der Waals surface area contributed by atoms with Gasteiger partial charge in [0.1, 0.15) is 12.6 Å². The Morgan fingerprint density at radius 2 is 2.47 bits per heavy atom. The van der Waals surface area contributed by atoms with Crippen LogP contribution in [0.2, 0.25) is 0 Å². The molecule has 1 rings (SSSR count). The lowest BCUT2D eigenvalue weighted by Crippen LogP contribution is -2.48. The number of hydrazine groups is 1. The molecule has 0 spiro atoms. The standard InChI is InChI=1S/C9H14N2O4/c1-4-14-8(12)10-11-7(6(2)3)5-15-9(11)13/h7H,2,4-5H2,1,3H3,(H,10,12). The minimum Gasteiger partial charge on any atom is -0.449 e. The number of amides is 2. The Bertz CT molecular complexity index is 290. The van der Waals surface area contributed by atoms with Gasteiger partial charge in [-0.25, -0.2) is 20.0 Å². The second-order valence-corrected chi connectivity index (χ2v) is 3.14. The fourth-order valence-corrected chi connectivity index (χ4v) is 1.17. The third-order valence-corrected chi connectivity index (χ3v) is 1.93. The number of hydrogen-bond acceptors (Lipinski definition) is 4. The van der Waals surface area contributed by atoms with Gasteiger partial charge in [0.2, 0.25) is 0 Å². The van der Waals surface area contributed by atoms with E-state index in [1.54, 1.807) is 13.8 Å². The molecule has 1 saturated heterocycles. The van der Waals surface area contributed by atoms with Crippen molar-refractivity contribution in [3.63, 3.8) is 0 Å². The number of rotatable bonds is 3. The van der Waals surface area contributed by atoms with Gasteiger partial charge in [-0.2, -0.15) is 0 Å². The Labute approximate surface area is 87.8 Å². The van der Waals surface area contributed by atoms with Crippen LogP contribution in [0.5, 0.6) is 0 Å². The van der Waals surface area contributed by atoms with E-state index >= 15 is 0 Å². The first-order valence-electron chi connectivity index (χ1n) is 4.61. The zero-order chi connectivity index (χ0) is 11.4. The molecule has 1 N–H and O–H groups in total. The smallest absolute Gasteiger partial charge is 0.429 e. The highest BCUT2D eigenvalue weighted by Crippen LogP contribution is 2.15. The molecule has 1 aliphatic rings. The molecule has 0 bridgehead atoms. The molecule has 0 aromatic heterocycles. The van der Waals surface area contributed by atoms with Crippen LogP contribution in [0.25, 0.3) is 0 Å². The van der Waals surface area contributed by atoms with Crippen molar-refractivity contribution >= 4 is 12.2 Å². The molecule has 1 unspecified atom stereocenters. The van der Waals surface area contributed by atoms with Crippen molar-refractivity contribution < 1.29 is 19.1 Å². The first kappa shape index (κ1) is 11.4. The molecule has 0 saturated carbocycles. The average molecular weight is 214 g/mol. The van der Waals surface area contributed by atoms with E-state index in [1.165, 1.54) is 0 Å². The monoisotopic (exact) mass is 214 g/mol. The number of ether oxygens (including phenoxy) is 2. The van der Waals surface area contributed by atoms with Crippen LogP contribution in [-0.4, -0.2) is 36.5 Å². The maximum absolute atomic E-state index is 11.2. The first-order valence-corrected chi connectivity index (χ1v) is 4.61. The van der Waals surface area contributed by atoms with Gasteiger partial charge in [0, 0.05) is 0 Å². The van der Waals surface area contributed by atoms with Crippen LogP contribution in [0.4, 0.5) is 9.59 Å². The lowest BCUT2D eigenvalue weighted by molar-refractivity contribution is 0.109. The fourth-order valence-electron chi connectivity index (χ4n) is 1.17. The van der Waals surface area contributed by atoms with Crippen molar-refractivity contribution in [2.75, 3.05) is 13.2 Å². The number of carbonyl (C=O) groups excluding carboxylic acids is 2. The number of nitrogens with zero attached hydrogens (tertiary/aromatic N) is 1. The molecular weight excluding hydrogens is 200 g/mol. The topological polar surface area (TPSA) is 67.9 Å². The summed E-state index contributed by atoms with van der Waals surface area (Å²) in [6.45, 7) is 7.58. The molecule has 1 fully saturated rings. The van der Waals surface area contributed by atoms with Crippen LogP contribution in [0.1, 0.15) is 13.8 Å². The predicted molar refractivity (Wildman–Crippen MR) is 51.9 cm³/mol. The van der Waals surface area contributed by atoms with Crippen molar-refractivity contribution in [2.45, 2.75) is 19.9 Å². The lowest BCUT2D eigenvalue weighted by Gasteiger charge is -2.21. The lowest BCUT2D eigenvalue weighted by atomic mass is 10.2. The second kappa shape index (κ2) is 4.68. The van der Waals surface area contributed by atoms with Crippen molar-refractivity contribution in [3.05, 3.63) is 12.2 Å². The largest absolute Gasteiger partial charge is 0.449 e. The predicted octanol–water partition coefficient (Wildman–Crippen LogP) is 1.04. The molecule has 84 valence electrons. The van der Waals surface area contributed by atoms with Gasteiger partial charge in [-0.05, 0) is 13.8 Å². The van der Waals surface area contributed by atoms with Gasteiger partial charge < -0.3 is 9.47 Å². The Morgan fingerprint density at radius 3 is 3.00 bits per heavy atom. The summed E-state index contributed by atoms with van der Waals surface area (Å²) >= 11 is 0. The van der Waals surface area contributed by atoms with Gasteiger partial charge in [-0.15, -0.1) is 0 Å². The zero-order valence-corrected chi connectivity index (χ0v) is 8.78. The van der Waals surface area contributed by atoms with Crippen molar-refractivity contribution in [3.8, 4) is 0 Å². The molecule has 6 heteroatoms. The van der Waals surface area contributed by atoms with E-state index in [9.17, 15) is 9.59 Å². The number of carbonyl (C=O) groups is 2. The molecule has 2 amide bonds. The summed E-state index contributed by atoms with van der Waals surface area (Å²) in [4.78, 5) is 22.3. The molecule has 6 nitrogen and oxygen atoms in total. The van der Waals surface area contributed by atoms with Crippen molar-refractivity contribution in [1.82, 2.24) is 10.4 Å². The third-order valence-electron chi connectivity index (χ3n) is 1.93. The maximum Gasteiger partial charge on any atom is 0.429 e. The molecule has 1 aliphatic heterocycles. The summed E-state index contributed by atoms with van der Waals surface area (Å²) in [5.41, 5.74) is 3.03. The molecule has 1 heterocycles. The summed E-state index contributed by atoms with van der Waals surface area (Å²) in [6, 6.07) is -0.332. The highest BCUT2D eigenvalue weighted by Gasteiger charge is 2.35. The van der Waals surface area contributed by atoms with E-state index in [1.807, 2.05) is 0 Å². The van der Waals surface area contributed by atoms with Gasteiger partial charge in [0.15, 0.2) is 0 Å². The van der Waals surface area contributed by atoms with Crippen LogP contribution in [0, 0.1) is 0 Å². The van der Waals surface area contributed by atoms with Gasteiger partial charge in [-0.1, -0.05) is 12.2 Å². The minimum absolute atomic E-state index is 0.195. The van der Waals surface area contributed by atoms with Crippen molar-refractivity contribution in [1.29, 1.82) is 0 Å². The summed E-state index contributed by atoms with van der Waals surface area (Å²) < 4.78 is 9.43.